The molecule has 1 atom stereocenters. The molecule has 0 radical (unpaired) electrons. The standard InChI is InChI=1S/C18H25N5O2/c1-13(2)15-9-18(25-22-15)21-17(24)12-23-8-6-14(11-23)10-20-16-5-3-4-7-19-16/h3-5,7,9,13-14H,6,8,10-12H2,1-2H3,(H,19,20)(H,21,24)/t14-/m0/s1. The lowest BCUT2D eigenvalue weighted by atomic mass is 10.1. The second-order valence-electron chi connectivity index (χ2n) is 6.80. The Bertz CT molecular complexity index is 686. The van der Waals surface area contributed by atoms with Crippen molar-refractivity contribution in [2.45, 2.75) is 26.2 Å². The van der Waals surface area contributed by atoms with E-state index in [1.807, 2.05) is 32.0 Å². The number of nitrogens with one attached hydrogen (secondary N) is 2. The fourth-order valence-corrected chi connectivity index (χ4v) is 2.94. The largest absolute Gasteiger partial charge is 0.370 e. The number of nitrogens with zero attached hydrogens (tertiary/aromatic N) is 3. The third kappa shape index (κ3) is 5.03. The molecule has 0 bridgehead atoms. The number of hydrogen-bond donors (Lipinski definition) is 2. The molecule has 0 aliphatic carbocycles. The average Bonchev–Trinajstić information content (AvgIpc) is 3.23. The van der Waals surface area contributed by atoms with Crippen molar-refractivity contribution in [3.8, 4) is 0 Å². The third-order valence-corrected chi connectivity index (χ3v) is 4.36. The van der Waals surface area contributed by atoms with Gasteiger partial charge in [0.25, 0.3) is 0 Å². The van der Waals surface area contributed by atoms with E-state index in [4.69, 9.17) is 4.52 Å². The van der Waals surface area contributed by atoms with E-state index in [0.717, 1.165) is 37.6 Å². The summed E-state index contributed by atoms with van der Waals surface area (Å²) in [7, 11) is 0. The van der Waals surface area contributed by atoms with Crippen LogP contribution in [-0.2, 0) is 4.79 Å². The maximum atomic E-state index is 12.2. The van der Waals surface area contributed by atoms with E-state index in [0.29, 0.717) is 18.3 Å². The van der Waals surface area contributed by atoms with Crippen molar-refractivity contribution in [3.05, 3.63) is 36.2 Å². The zero-order chi connectivity index (χ0) is 17.6. The molecule has 3 rings (SSSR count). The van der Waals surface area contributed by atoms with Gasteiger partial charge in [0.15, 0.2) is 0 Å². The first-order chi connectivity index (χ1) is 12.1. The number of carbonyl (C=O) groups excluding carboxylic acids is 1. The van der Waals surface area contributed by atoms with Gasteiger partial charge in [-0.1, -0.05) is 25.1 Å². The van der Waals surface area contributed by atoms with Crippen LogP contribution < -0.4 is 10.6 Å². The van der Waals surface area contributed by atoms with Gasteiger partial charge < -0.3 is 9.84 Å². The lowest BCUT2D eigenvalue weighted by molar-refractivity contribution is -0.117. The highest BCUT2D eigenvalue weighted by Gasteiger charge is 2.24. The van der Waals surface area contributed by atoms with Gasteiger partial charge >= 0.3 is 0 Å². The molecule has 0 spiro atoms. The summed E-state index contributed by atoms with van der Waals surface area (Å²) in [5.41, 5.74) is 0.845. The Morgan fingerprint density at radius 2 is 2.32 bits per heavy atom. The van der Waals surface area contributed by atoms with Crippen LogP contribution in [0.1, 0.15) is 31.9 Å². The highest BCUT2D eigenvalue weighted by atomic mass is 16.5. The minimum Gasteiger partial charge on any atom is -0.370 e. The quantitative estimate of drug-likeness (QED) is 0.804. The van der Waals surface area contributed by atoms with Crippen LogP contribution in [0.3, 0.4) is 0 Å². The van der Waals surface area contributed by atoms with Gasteiger partial charge in [0.2, 0.25) is 11.8 Å². The third-order valence-electron chi connectivity index (χ3n) is 4.36. The molecule has 2 aromatic rings. The van der Waals surface area contributed by atoms with Crippen molar-refractivity contribution >= 4 is 17.6 Å². The first kappa shape index (κ1) is 17.4. The molecule has 3 heterocycles. The summed E-state index contributed by atoms with van der Waals surface area (Å²) in [6.45, 7) is 7.14. The molecule has 0 aromatic carbocycles. The zero-order valence-electron chi connectivity index (χ0n) is 14.7. The van der Waals surface area contributed by atoms with Crippen molar-refractivity contribution < 1.29 is 9.32 Å². The average molecular weight is 343 g/mol. The molecule has 7 heteroatoms. The Kier molecular flexibility index (Phi) is 5.65. The maximum Gasteiger partial charge on any atom is 0.240 e. The summed E-state index contributed by atoms with van der Waals surface area (Å²) in [5.74, 6) is 2.05. The first-order valence-corrected chi connectivity index (χ1v) is 8.74. The van der Waals surface area contributed by atoms with Gasteiger partial charge in [-0.05, 0) is 36.9 Å². The number of amides is 1. The van der Waals surface area contributed by atoms with Gasteiger partial charge in [-0.25, -0.2) is 4.98 Å². The van der Waals surface area contributed by atoms with Crippen LogP contribution in [0.15, 0.2) is 35.0 Å². The van der Waals surface area contributed by atoms with Crippen LogP contribution in [0.5, 0.6) is 0 Å². The second kappa shape index (κ2) is 8.11. The smallest absolute Gasteiger partial charge is 0.240 e. The number of hydrogen-bond acceptors (Lipinski definition) is 6. The van der Waals surface area contributed by atoms with Crippen LogP contribution in [0.2, 0.25) is 0 Å². The van der Waals surface area contributed by atoms with E-state index in [9.17, 15) is 4.79 Å². The number of carbonyl (C=O) groups is 1. The lowest BCUT2D eigenvalue weighted by Crippen LogP contribution is -2.32. The Morgan fingerprint density at radius 1 is 1.44 bits per heavy atom. The van der Waals surface area contributed by atoms with Crippen molar-refractivity contribution in [1.82, 2.24) is 15.0 Å². The van der Waals surface area contributed by atoms with Crippen molar-refractivity contribution in [2.24, 2.45) is 5.92 Å². The normalized spacial score (nSPS) is 17.8. The summed E-state index contributed by atoms with van der Waals surface area (Å²) in [5, 5.41) is 10.1. The van der Waals surface area contributed by atoms with Crippen molar-refractivity contribution in [2.75, 3.05) is 36.8 Å². The van der Waals surface area contributed by atoms with Gasteiger partial charge in [-0.3, -0.25) is 15.0 Å². The highest BCUT2D eigenvalue weighted by molar-refractivity contribution is 5.91. The first-order valence-electron chi connectivity index (χ1n) is 8.74. The molecule has 1 aliphatic rings. The summed E-state index contributed by atoms with van der Waals surface area (Å²) in [6, 6.07) is 7.61. The summed E-state index contributed by atoms with van der Waals surface area (Å²) < 4.78 is 5.15. The van der Waals surface area contributed by atoms with E-state index in [1.54, 1.807) is 12.3 Å². The van der Waals surface area contributed by atoms with Gasteiger partial charge in [-0.15, -0.1) is 0 Å². The lowest BCUT2D eigenvalue weighted by Gasteiger charge is -2.15. The van der Waals surface area contributed by atoms with Crippen molar-refractivity contribution in [1.29, 1.82) is 0 Å². The zero-order valence-corrected chi connectivity index (χ0v) is 14.7. The molecule has 2 N–H and O–H groups in total. The predicted octanol–water partition coefficient (Wildman–Crippen LogP) is 2.57. The number of pyridine rings is 1. The fourth-order valence-electron chi connectivity index (χ4n) is 2.94. The molecule has 0 saturated carbocycles. The molecule has 1 aliphatic heterocycles. The monoisotopic (exact) mass is 343 g/mol. The van der Waals surface area contributed by atoms with Crippen molar-refractivity contribution in [3.63, 3.8) is 0 Å². The Balaban J connectivity index is 1.40. The van der Waals surface area contributed by atoms with E-state index >= 15 is 0 Å². The van der Waals surface area contributed by atoms with Crippen LogP contribution in [0.4, 0.5) is 11.7 Å². The SMILES string of the molecule is CC(C)c1cc(NC(=O)CN2CC[C@@H](CNc3ccccn3)C2)on1. The molecule has 0 unspecified atom stereocenters. The number of rotatable bonds is 7. The van der Waals surface area contributed by atoms with Crippen LogP contribution >= 0.6 is 0 Å². The Labute approximate surface area is 147 Å². The minimum absolute atomic E-state index is 0.0650. The van der Waals surface area contributed by atoms with Crippen LogP contribution in [-0.4, -0.2) is 47.1 Å². The summed E-state index contributed by atoms with van der Waals surface area (Å²) in [4.78, 5) is 18.6. The molecular weight excluding hydrogens is 318 g/mol. The molecule has 25 heavy (non-hydrogen) atoms. The Hall–Kier alpha value is -2.41. The minimum atomic E-state index is -0.0650. The molecule has 1 fully saturated rings. The van der Waals surface area contributed by atoms with E-state index in [-0.39, 0.29) is 11.8 Å². The van der Waals surface area contributed by atoms with Gasteiger partial charge in [0.05, 0.1) is 12.2 Å². The fraction of sp³-hybridized carbons (Fsp3) is 0.500. The predicted molar refractivity (Wildman–Crippen MR) is 96.5 cm³/mol. The molecule has 1 saturated heterocycles. The van der Waals surface area contributed by atoms with E-state index in [2.05, 4.69) is 25.7 Å². The van der Waals surface area contributed by atoms with E-state index in [1.165, 1.54) is 0 Å². The molecular formula is C18H25N5O2. The number of likely N-dealkylation sites (tertiary alicyclic amines) is 1. The highest BCUT2D eigenvalue weighted by Crippen LogP contribution is 2.19. The topological polar surface area (TPSA) is 83.3 Å². The van der Waals surface area contributed by atoms with Crippen LogP contribution in [0.25, 0.3) is 0 Å². The molecule has 1 amide bonds. The molecule has 2 aromatic heterocycles. The van der Waals surface area contributed by atoms with Crippen LogP contribution in [0, 0.1) is 5.92 Å². The van der Waals surface area contributed by atoms with E-state index < -0.39 is 0 Å². The molecule has 7 nitrogen and oxygen atoms in total. The maximum absolute atomic E-state index is 12.2. The number of anilines is 2. The molecule has 134 valence electrons. The van der Waals surface area contributed by atoms with Gasteiger partial charge in [-0.2, -0.15) is 0 Å². The second-order valence-corrected chi connectivity index (χ2v) is 6.80. The number of aromatic nitrogens is 2. The van der Waals surface area contributed by atoms with Gasteiger partial charge in [0, 0.05) is 25.4 Å². The Morgan fingerprint density at radius 3 is 3.04 bits per heavy atom. The van der Waals surface area contributed by atoms with Gasteiger partial charge in [0.1, 0.15) is 5.82 Å². The summed E-state index contributed by atoms with van der Waals surface area (Å²) in [6.07, 6.45) is 2.86. The summed E-state index contributed by atoms with van der Waals surface area (Å²) >= 11 is 0.